The summed E-state index contributed by atoms with van der Waals surface area (Å²) in [5, 5.41) is 2.65. The number of halogens is 4. The molecule has 126 valence electrons. The van der Waals surface area contributed by atoms with Crippen LogP contribution in [0.3, 0.4) is 0 Å². The molecule has 1 aromatic rings. The number of nitrogens with one attached hydrogen (secondary N) is 1. The average Bonchev–Trinajstić information content (AvgIpc) is 2.33. The van der Waals surface area contributed by atoms with E-state index in [9.17, 15) is 18.0 Å². The van der Waals surface area contributed by atoms with Crippen LogP contribution in [0.5, 0.6) is 5.75 Å². The van der Waals surface area contributed by atoms with E-state index in [-0.39, 0.29) is 36.0 Å². The Labute approximate surface area is 133 Å². The number of alkyl halides is 3. The van der Waals surface area contributed by atoms with E-state index in [1.807, 2.05) is 20.8 Å². The first-order valence-electron chi connectivity index (χ1n) is 6.37. The molecule has 0 aliphatic heterocycles. The topological polar surface area (TPSA) is 64.4 Å². The molecule has 22 heavy (non-hydrogen) atoms. The molecule has 0 saturated heterocycles. The highest BCUT2D eigenvalue weighted by atomic mass is 35.5. The van der Waals surface area contributed by atoms with Crippen LogP contribution in [-0.2, 0) is 11.3 Å². The predicted octanol–water partition coefficient (Wildman–Crippen LogP) is 3.00. The SMILES string of the molecule is CC(C)(C)[C@H](N)C(=O)NCc1ccc(OC(F)(F)F)cc1.Cl. The molecule has 1 amide bonds. The number of hydrogen-bond acceptors (Lipinski definition) is 3. The largest absolute Gasteiger partial charge is 0.573 e. The summed E-state index contributed by atoms with van der Waals surface area (Å²) in [6.45, 7) is 5.73. The second-order valence-electron chi connectivity index (χ2n) is 5.75. The number of benzene rings is 1. The minimum absolute atomic E-state index is 0. The molecule has 8 heteroatoms. The Morgan fingerprint density at radius 2 is 1.73 bits per heavy atom. The van der Waals surface area contributed by atoms with Gasteiger partial charge in [0.25, 0.3) is 0 Å². The first-order chi connectivity index (χ1) is 9.49. The molecule has 0 heterocycles. The molecule has 0 spiro atoms. The zero-order valence-electron chi connectivity index (χ0n) is 12.5. The summed E-state index contributed by atoms with van der Waals surface area (Å²) in [6, 6.07) is 4.62. The van der Waals surface area contributed by atoms with Crippen LogP contribution >= 0.6 is 12.4 Å². The fraction of sp³-hybridized carbons (Fsp3) is 0.500. The van der Waals surface area contributed by atoms with E-state index in [0.29, 0.717) is 5.56 Å². The van der Waals surface area contributed by atoms with E-state index >= 15 is 0 Å². The van der Waals surface area contributed by atoms with Gasteiger partial charge >= 0.3 is 6.36 Å². The van der Waals surface area contributed by atoms with Crippen LogP contribution in [0.4, 0.5) is 13.2 Å². The highest BCUT2D eigenvalue weighted by Crippen LogP contribution is 2.22. The molecule has 1 atom stereocenters. The maximum atomic E-state index is 12.0. The Hall–Kier alpha value is -1.47. The molecule has 4 nitrogen and oxygen atoms in total. The van der Waals surface area contributed by atoms with Gasteiger partial charge in [-0.1, -0.05) is 32.9 Å². The maximum absolute atomic E-state index is 12.0. The van der Waals surface area contributed by atoms with Gasteiger partial charge in [-0.05, 0) is 23.1 Å². The van der Waals surface area contributed by atoms with Crippen molar-refractivity contribution in [1.82, 2.24) is 5.32 Å². The normalized spacial score (nSPS) is 13.0. The molecule has 0 aliphatic rings. The highest BCUT2D eigenvalue weighted by Gasteiger charge is 2.31. The van der Waals surface area contributed by atoms with Crippen molar-refractivity contribution in [2.24, 2.45) is 11.1 Å². The van der Waals surface area contributed by atoms with Crippen LogP contribution in [0.25, 0.3) is 0 Å². The lowest BCUT2D eigenvalue weighted by atomic mass is 9.87. The number of nitrogens with two attached hydrogens (primary N) is 1. The molecule has 1 rings (SSSR count). The first kappa shape index (κ1) is 20.5. The molecule has 0 bridgehead atoms. The summed E-state index contributed by atoms with van der Waals surface area (Å²) in [5.41, 5.74) is 6.08. The number of hydrogen-bond donors (Lipinski definition) is 2. The van der Waals surface area contributed by atoms with Gasteiger partial charge in [-0.3, -0.25) is 4.79 Å². The third-order valence-corrected chi connectivity index (χ3v) is 2.84. The number of carbonyl (C=O) groups is 1. The molecular formula is C14H20ClF3N2O2. The van der Waals surface area contributed by atoms with Gasteiger partial charge in [0.1, 0.15) is 5.75 Å². The van der Waals surface area contributed by atoms with Crippen LogP contribution in [0.2, 0.25) is 0 Å². The zero-order valence-corrected chi connectivity index (χ0v) is 13.3. The second kappa shape index (κ2) is 7.69. The lowest BCUT2D eigenvalue weighted by molar-refractivity contribution is -0.274. The van der Waals surface area contributed by atoms with E-state index in [1.165, 1.54) is 24.3 Å². The van der Waals surface area contributed by atoms with E-state index in [1.54, 1.807) is 0 Å². The summed E-state index contributed by atoms with van der Waals surface area (Å²) in [7, 11) is 0. The first-order valence-corrected chi connectivity index (χ1v) is 6.37. The summed E-state index contributed by atoms with van der Waals surface area (Å²) < 4.78 is 39.8. The highest BCUT2D eigenvalue weighted by molar-refractivity contribution is 5.85. The molecule has 3 N–H and O–H groups in total. The Morgan fingerprint density at radius 3 is 2.14 bits per heavy atom. The molecule has 0 aromatic heterocycles. The molecule has 0 saturated carbocycles. The third kappa shape index (κ3) is 7.00. The zero-order chi connectivity index (χ0) is 16.3. The molecule has 0 unspecified atom stereocenters. The summed E-state index contributed by atoms with van der Waals surface area (Å²) in [5.74, 6) is -0.609. The maximum Gasteiger partial charge on any atom is 0.573 e. The van der Waals surface area contributed by atoms with Crippen molar-refractivity contribution in [1.29, 1.82) is 0 Å². The van der Waals surface area contributed by atoms with Crippen LogP contribution in [0.15, 0.2) is 24.3 Å². The van der Waals surface area contributed by atoms with Gasteiger partial charge in [0.05, 0.1) is 6.04 Å². The Kier molecular flexibility index (Phi) is 7.18. The fourth-order valence-electron chi connectivity index (χ4n) is 1.50. The van der Waals surface area contributed by atoms with Crippen molar-refractivity contribution in [2.75, 3.05) is 0 Å². The van der Waals surface area contributed by atoms with E-state index < -0.39 is 12.4 Å². The van der Waals surface area contributed by atoms with Crippen molar-refractivity contribution < 1.29 is 22.7 Å². The minimum Gasteiger partial charge on any atom is -0.406 e. The van der Waals surface area contributed by atoms with Gasteiger partial charge in [0.2, 0.25) is 5.91 Å². The number of ether oxygens (including phenoxy) is 1. The smallest absolute Gasteiger partial charge is 0.406 e. The van der Waals surface area contributed by atoms with Crippen LogP contribution in [0, 0.1) is 5.41 Å². The average molecular weight is 341 g/mol. The third-order valence-electron chi connectivity index (χ3n) is 2.84. The standard InChI is InChI=1S/C14H19F3N2O2.ClH/c1-13(2,3)11(18)12(20)19-8-9-4-6-10(7-5-9)21-14(15,16)17;/h4-7,11H,8,18H2,1-3H3,(H,19,20);1H/t11-;/m1./s1. The second-order valence-corrected chi connectivity index (χ2v) is 5.75. The Balaban J connectivity index is 0.00000441. The van der Waals surface area contributed by atoms with Crippen LogP contribution < -0.4 is 15.8 Å². The van der Waals surface area contributed by atoms with Gasteiger partial charge in [-0.25, -0.2) is 0 Å². The van der Waals surface area contributed by atoms with E-state index in [2.05, 4.69) is 10.1 Å². The van der Waals surface area contributed by atoms with Gasteiger partial charge in [0.15, 0.2) is 0 Å². The number of rotatable bonds is 4. The fourth-order valence-corrected chi connectivity index (χ4v) is 1.50. The van der Waals surface area contributed by atoms with E-state index in [0.717, 1.165) is 0 Å². The lowest BCUT2D eigenvalue weighted by Crippen LogP contribution is -2.48. The van der Waals surface area contributed by atoms with Crippen LogP contribution in [0.1, 0.15) is 26.3 Å². The van der Waals surface area contributed by atoms with Crippen molar-refractivity contribution >= 4 is 18.3 Å². The number of amides is 1. The number of carbonyl (C=O) groups excluding carboxylic acids is 1. The molecule has 0 radical (unpaired) electrons. The van der Waals surface area contributed by atoms with Crippen molar-refractivity contribution in [3.05, 3.63) is 29.8 Å². The van der Waals surface area contributed by atoms with Crippen molar-refractivity contribution in [3.63, 3.8) is 0 Å². The van der Waals surface area contributed by atoms with Gasteiger partial charge < -0.3 is 15.8 Å². The molecule has 0 fully saturated rings. The Bertz CT molecular complexity index is 484. The summed E-state index contributed by atoms with van der Waals surface area (Å²) >= 11 is 0. The quantitative estimate of drug-likeness (QED) is 0.885. The molecular weight excluding hydrogens is 321 g/mol. The molecule has 1 aromatic carbocycles. The van der Waals surface area contributed by atoms with Crippen molar-refractivity contribution in [2.45, 2.75) is 39.7 Å². The van der Waals surface area contributed by atoms with Crippen LogP contribution in [-0.4, -0.2) is 18.3 Å². The minimum atomic E-state index is -4.71. The van der Waals surface area contributed by atoms with E-state index in [4.69, 9.17) is 5.73 Å². The van der Waals surface area contributed by atoms with Gasteiger partial charge in [0, 0.05) is 6.54 Å². The predicted molar refractivity (Wildman–Crippen MR) is 79.7 cm³/mol. The lowest BCUT2D eigenvalue weighted by Gasteiger charge is -2.25. The molecule has 0 aliphatic carbocycles. The Morgan fingerprint density at radius 1 is 1.23 bits per heavy atom. The van der Waals surface area contributed by atoms with Gasteiger partial charge in [-0.15, -0.1) is 25.6 Å². The van der Waals surface area contributed by atoms with Gasteiger partial charge in [-0.2, -0.15) is 0 Å². The van der Waals surface area contributed by atoms with Crippen molar-refractivity contribution in [3.8, 4) is 5.75 Å². The summed E-state index contributed by atoms with van der Waals surface area (Å²) in [4.78, 5) is 11.8. The summed E-state index contributed by atoms with van der Waals surface area (Å²) in [6.07, 6.45) is -4.71. The monoisotopic (exact) mass is 340 g/mol.